The molecule has 1 amide bonds. The Morgan fingerprint density at radius 1 is 1.13 bits per heavy atom. The van der Waals surface area contributed by atoms with Gasteiger partial charge in [0.15, 0.2) is 11.6 Å². The summed E-state index contributed by atoms with van der Waals surface area (Å²) >= 11 is 0. The fraction of sp³-hybridized carbons (Fsp3) is 0.652. The average Bonchev–Trinajstić information content (AvgIpc) is 2.79. The van der Waals surface area contributed by atoms with Crippen LogP contribution in [0.5, 0.6) is 5.75 Å². The molecule has 7 heteroatoms. The maximum Gasteiger partial charge on any atom is 0.308 e. The molecular formula is C23H31FN2O4. The number of hydrogen-bond acceptors (Lipinski definition) is 5. The van der Waals surface area contributed by atoms with Gasteiger partial charge in [-0.1, -0.05) is 0 Å². The smallest absolute Gasteiger partial charge is 0.308 e. The van der Waals surface area contributed by atoms with Crippen LogP contribution in [0, 0.1) is 17.2 Å². The molecule has 30 heavy (non-hydrogen) atoms. The summed E-state index contributed by atoms with van der Waals surface area (Å²) in [6.07, 6.45) is 6.13. The molecule has 164 valence electrons. The van der Waals surface area contributed by atoms with E-state index in [4.69, 9.17) is 9.47 Å². The van der Waals surface area contributed by atoms with Crippen LogP contribution in [0.2, 0.25) is 0 Å². The van der Waals surface area contributed by atoms with Crippen LogP contribution in [0.25, 0.3) is 0 Å². The number of esters is 1. The Balaban J connectivity index is 1.29. The van der Waals surface area contributed by atoms with Crippen molar-refractivity contribution >= 4 is 11.9 Å². The number of piperidine rings is 3. The van der Waals surface area contributed by atoms with Crippen LogP contribution < -0.4 is 10.1 Å². The van der Waals surface area contributed by atoms with Gasteiger partial charge in [0, 0.05) is 17.0 Å². The number of halogens is 1. The molecule has 1 saturated carbocycles. The summed E-state index contributed by atoms with van der Waals surface area (Å²) < 4.78 is 25.2. The molecule has 3 saturated heterocycles. The fourth-order valence-electron chi connectivity index (χ4n) is 5.01. The van der Waals surface area contributed by atoms with Gasteiger partial charge in [-0.25, -0.2) is 4.39 Å². The molecule has 0 aromatic heterocycles. The van der Waals surface area contributed by atoms with E-state index < -0.39 is 5.82 Å². The van der Waals surface area contributed by atoms with E-state index in [1.54, 1.807) is 12.1 Å². The number of methoxy groups -OCH3 is 1. The molecule has 0 radical (unpaired) electrons. The average molecular weight is 419 g/mol. The van der Waals surface area contributed by atoms with E-state index in [0.717, 1.165) is 38.9 Å². The van der Waals surface area contributed by atoms with Gasteiger partial charge < -0.3 is 19.7 Å². The standard InChI is InChI=1S/C23H31FN2O4/c1-29-22(28)16-2-5-18(6-3-16)25-21(27)17-4-7-20(19(24)14-17)30-15-23-8-11-26(12-9-23)13-10-23/h4,7,14,16,18H,2-3,5-6,8-13,15H2,1H3,(H,25,27). The number of carbonyl (C=O) groups excluding carboxylic acids is 2. The SMILES string of the molecule is COC(=O)C1CCC(NC(=O)c2ccc(OCC34CCN(CC3)CC4)c(F)c2)CC1. The first-order valence-corrected chi connectivity index (χ1v) is 11.0. The van der Waals surface area contributed by atoms with E-state index in [-0.39, 0.29) is 35.0 Å². The summed E-state index contributed by atoms with van der Waals surface area (Å²) in [5.41, 5.74) is 0.458. The van der Waals surface area contributed by atoms with Gasteiger partial charge >= 0.3 is 5.97 Å². The first kappa shape index (κ1) is 21.1. The minimum atomic E-state index is -0.498. The molecule has 4 aliphatic rings. The summed E-state index contributed by atoms with van der Waals surface area (Å²) in [6.45, 7) is 3.85. The second-order valence-electron chi connectivity index (χ2n) is 9.07. The first-order chi connectivity index (χ1) is 14.5. The fourth-order valence-corrected chi connectivity index (χ4v) is 5.01. The maximum atomic E-state index is 14.6. The van der Waals surface area contributed by atoms with Crippen LogP contribution in [0.4, 0.5) is 4.39 Å². The zero-order chi connectivity index (χ0) is 21.1. The summed E-state index contributed by atoms with van der Waals surface area (Å²) in [6, 6.07) is 4.43. The lowest BCUT2D eigenvalue weighted by molar-refractivity contribution is -0.146. The predicted octanol–water partition coefficient (Wildman–Crippen LogP) is 3.15. The van der Waals surface area contributed by atoms with E-state index in [1.165, 1.54) is 13.2 Å². The molecule has 2 bridgehead atoms. The molecule has 1 aromatic carbocycles. The number of carbonyl (C=O) groups is 2. The molecule has 0 spiro atoms. The zero-order valence-electron chi connectivity index (χ0n) is 17.6. The number of nitrogens with zero attached hydrogens (tertiary/aromatic N) is 1. The summed E-state index contributed by atoms with van der Waals surface area (Å²) in [5, 5.41) is 2.96. The molecule has 1 aromatic rings. The van der Waals surface area contributed by atoms with Crippen molar-refractivity contribution < 1.29 is 23.5 Å². The Labute approximate surface area is 177 Å². The largest absolute Gasteiger partial charge is 0.490 e. The summed E-state index contributed by atoms with van der Waals surface area (Å²) in [7, 11) is 1.40. The van der Waals surface area contributed by atoms with Crippen LogP contribution in [0.3, 0.4) is 0 Å². The monoisotopic (exact) mass is 418 g/mol. The van der Waals surface area contributed by atoms with Crippen LogP contribution in [-0.4, -0.2) is 56.2 Å². The molecule has 5 rings (SSSR count). The van der Waals surface area contributed by atoms with Gasteiger partial charge in [-0.15, -0.1) is 0 Å². The molecular weight excluding hydrogens is 387 g/mol. The molecule has 0 atom stereocenters. The summed E-state index contributed by atoms with van der Waals surface area (Å²) in [5.74, 6) is -0.849. The highest BCUT2D eigenvalue weighted by atomic mass is 19.1. The van der Waals surface area contributed by atoms with Crippen molar-refractivity contribution in [2.45, 2.75) is 51.0 Å². The third-order valence-electron chi connectivity index (χ3n) is 7.20. The zero-order valence-corrected chi connectivity index (χ0v) is 17.6. The number of benzene rings is 1. The van der Waals surface area contributed by atoms with Gasteiger partial charge in [-0.05, 0) is 82.8 Å². The van der Waals surface area contributed by atoms with E-state index in [0.29, 0.717) is 37.9 Å². The highest BCUT2D eigenvalue weighted by Crippen LogP contribution is 2.40. The van der Waals surface area contributed by atoms with Gasteiger partial charge in [-0.3, -0.25) is 9.59 Å². The Morgan fingerprint density at radius 3 is 2.40 bits per heavy atom. The Morgan fingerprint density at radius 2 is 1.80 bits per heavy atom. The van der Waals surface area contributed by atoms with Crippen LogP contribution in [0.1, 0.15) is 55.3 Å². The van der Waals surface area contributed by atoms with Crippen molar-refractivity contribution in [1.29, 1.82) is 0 Å². The van der Waals surface area contributed by atoms with E-state index in [9.17, 15) is 14.0 Å². The topological polar surface area (TPSA) is 67.9 Å². The molecule has 3 aliphatic heterocycles. The number of rotatable bonds is 6. The Bertz CT molecular complexity index is 770. The van der Waals surface area contributed by atoms with Crippen molar-refractivity contribution in [2.75, 3.05) is 33.4 Å². The van der Waals surface area contributed by atoms with Crippen molar-refractivity contribution in [2.24, 2.45) is 11.3 Å². The van der Waals surface area contributed by atoms with Crippen LogP contribution in [0.15, 0.2) is 18.2 Å². The molecule has 1 aliphatic carbocycles. The normalized spacial score (nSPS) is 30.5. The van der Waals surface area contributed by atoms with E-state index in [2.05, 4.69) is 10.2 Å². The quantitative estimate of drug-likeness (QED) is 0.719. The van der Waals surface area contributed by atoms with Crippen molar-refractivity contribution in [3.63, 3.8) is 0 Å². The minimum Gasteiger partial charge on any atom is -0.490 e. The minimum absolute atomic E-state index is 0.00587. The van der Waals surface area contributed by atoms with Crippen LogP contribution >= 0.6 is 0 Å². The van der Waals surface area contributed by atoms with Gasteiger partial charge in [0.25, 0.3) is 5.91 Å². The lowest BCUT2D eigenvalue weighted by Gasteiger charge is -2.48. The van der Waals surface area contributed by atoms with E-state index in [1.807, 2.05) is 0 Å². The maximum absolute atomic E-state index is 14.6. The Kier molecular flexibility index (Phi) is 6.27. The number of amides is 1. The molecule has 4 fully saturated rings. The third kappa shape index (κ3) is 4.61. The van der Waals surface area contributed by atoms with Crippen molar-refractivity contribution in [3.8, 4) is 5.75 Å². The molecule has 1 N–H and O–H groups in total. The van der Waals surface area contributed by atoms with Crippen LogP contribution in [-0.2, 0) is 9.53 Å². The third-order valence-corrected chi connectivity index (χ3v) is 7.20. The number of fused-ring (bicyclic) bond motifs is 3. The van der Waals surface area contributed by atoms with Gasteiger partial charge in [0.1, 0.15) is 0 Å². The van der Waals surface area contributed by atoms with Crippen molar-refractivity contribution in [1.82, 2.24) is 10.2 Å². The molecule has 3 heterocycles. The predicted molar refractivity (Wildman–Crippen MR) is 110 cm³/mol. The van der Waals surface area contributed by atoms with Gasteiger partial charge in [-0.2, -0.15) is 0 Å². The van der Waals surface area contributed by atoms with Crippen molar-refractivity contribution in [3.05, 3.63) is 29.6 Å². The highest BCUT2D eigenvalue weighted by Gasteiger charge is 2.40. The second kappa shape index (κ2) is 8.92. The first-order valence-electron chi connectivity index (χ1n) is 11.0. The van der Waals surface area contributed by atoms with Gasteiger partial charge in [0.2, 0.25) is 0 Å². The van der Waals surface area contributed by atoms with Gasteiger partial charge in [0.05, 0.1) is 19.6 Å². The number of hydrogen-bond donors (Lipinski definition) is 1. The lowest BCUT2D eigenvalue weighted by Crippen LogP contribution is -2.50. The number of ether oxygens (including phenoxy) is 2. The lowest BCUT2D eigenvalue weighted by atomic mass is 9.73. The summed E-state index contributed by atoms with van der Waals surface area (Å²) in [4.78, 5) is 26.6. The Hall–Kier alpha value is -2.15. The van der Waals surface area contributed by atoms with E-state index >= 15 is 0 Å². The molecule has 0 unspecified atom stereocenters. The molecule has 6 nitrogen and oxygen atoms in total. The highest BCUT2D eigenvalue weighted by molar-refractivity contribution is 5.94. The number of nitrogens with one attached hydrogen (secondary N) is 1. The second-order valence-corrected chi connectivity index (χ2v) is 9.07.